The lowest BCUT2D eigenvalue weighted by Gasteiger charge is -2.48. The highest BCUT2D eigenvalue weighted by Crippen LogP contribution is 2.39. The Morgan fingerprint density at radius 2 is 2.15 bits per heavy atom. The monoisotopic (exact) mass is 376 g/mol. The molecule has 2 aliphatic rings. The molecule has 7 nitrogen and oxygen atoms in total. The van der Waals surface area contributed by atoms with E-state index in [-0.39, 0.29) is 17.2 Å². The Bertz CT molecular complexity index is 659. The van der Waals surface area contributed by atoms with Crippen molar-refractivity contribution in [2.24, 2.45) is 5.41 Å². The molecule has 2 aliphatic heterocycles. The first-order valence-corrected chi connectivity index (χ1v) is 10.1. The van der Waals surface area contributed by atoms with Crippen LogP contribution in [0.3, 0.4) is 0 Å². The molecule has 150 valence electrons. The van der Waals surface area contributed by atoms with Crippen LogP contribution in [-0.4, -0.2) is 71.1 Å². The number of carbonyl (C=O) groups is 2. The average Bonchev–Trinajstić information content (AvgIpc) is 3.08. The van der Waals surface area contributed by atoms with Crippen molar-refractivity contribution in [1.82, 2.24) is 19.4 Å². The van der Waals surface area contributed by atoms with Gasteiger partial charge >= 0.3 is 0 Å². The van der Waals surface area contributed by atoms with E-state index in [1.54, 1.807) is 13.3 Å². The van der Waals surface area contributed by atoms with Crippen molar-refractivity contribution < 1.29 is 14.3 Å². The Hall–Kier alpha value is -1.89. The molecule has 1 spiro atoms. The second kappa shape index (κ2) is 8.87. The van der Waals surface area contributed by atoms with E-state index in [4.69, 9.17) is 4.74 Å². The maximum absolute atomic E-state index is 12.8. The predicted molar refractivity (Wildman–Crippen MR) is 102 cm³/mol. The van der Waals surface area contributed by atoms with Crippen molar-refractivity contribution in [3.8, 4) is 0 Å². The molecule has 0 aliphatic carbocycles. The summed E-state index contributed by atoms with van der Waals surface area (Å²) in [4.78, 5) is 33.2. The van der Waals surface area contributed by atoms with E-state index >= 15 is 0 Å². The van der Waals surface area contributed by atoms with Crippen molar-refractivity contribution in [3.05, 3.63) is 18.2 Å². The molecule has 0 saturated carbocycles. The summed E-state index contributed by atoms with van der Waals surface area (Å²) in [6.07, 6.45) is 8.77. The number of hydrogen-bond acceptors (Lipinski definition) is 4. The zero-order valence-electron chi connectivity index (χ0n) is 16.7. The van der Waals surface area contributed by atoms with E-state index < -0.39 is 0 Å². The molecular weight excluding hydrogens is 344 g/mol. The van der Waals surface area contributed by atoms with Gasteiger partial charge in [0.15, 0.2) is 0 Å². The molecule has 0 aromatic carbocycles. The molecule has 0 N–H and O–H groups in total. The van der Waals surface area contributed by atoms with E-state index in [1.807, 2.05) is 22.9 Å². The number of aromatic nitrogens is 2. The van der Waals surface area contributed by atoms with Gasteiger partial charge < -0.3 is 19.1 Å². The molecule has 27 heavy (non-hydrogen) atoms. The third-order valence-electron chi connectivity index (χ3n) is 6.04. The van der Waals surface area contributed by atoms with Crippen molar-refractivity contribution in [2.75, 3.05) is 39.9 Å². The van der Waals surface area contributed by atoms with E-state index in [0.29, 0.717) is 26.0 Å². The number of methoxy groups -OCH3 is 1. The van der Waals surface area contributed by atoms with Crippen molar-refractivity contribution >= 4 is 11.8 Å². The van der Waals surface area contributed by atoms with Gasteiger partial charge in [0, 0.05) is 70.5 Å². The van der Waals surface area contributed by atoms with Crippen LogP contribution in [0.4, 0.5) is 0 Å². The van der Waals surface area contributed by atoms with Gasteiger partial charge in [-0.05, 0) is 32.6 Å². The summed E-state index contributed by atoms with van der Waals surface area (Å²) in [5.41, 5.74) is 0.0660. The lowest BCUT2D eigenvalue weighted by molar-refractivity contribution is -0.143. The Labute approximate surface area is 161 Å². The minimum atomic E-state index is 0.0660. The van der Waals surface area contributed by atoms with Crippen LogP contribution in [0.15, 0.2) is 12.4 Å². The number of rotatable bonds is 7. The molecule has 2 amide bonds. The molecular formula is C20H32N4O3. The minimum absolute atomic E-state index is 0.0660. The number of nitrogens with zero attached hydrogens (tertiary/aromatic N) is 4. The van der Waals surface area contributed by atoms with E-state index in [0.717, 1.165) is 57.7 Å². The lowest BCUT2D eigenvalue weighted by atomic mass is 9.73. The summed E-state index contributed by atoms with van der Waals surface area (Å²) in [5.74, 6) is 1.45. The summed E-state index contributed by atoms with van der Waals surface area (Å²) >= 11 is 0. The van der Waals surface area contributed by atoms with Crippen molar-refractivity contribution in [2.45, 2.75) is 52.0 Å². The molecule has 2 saturated heterocycles. The molecule has 3 rings (SSSR count). The molecule has 1 aromatic heterocycles. The third-order valence-corrected chi connectivity index (χ3v) is 6.04. The lowest BCUT2D eigenvalue weighted by Crippen LogP contribution is -2.55. The molecule has 1 aromatic rings. The number of hydrogen-bond donors (Lipinski definition) is 0. The smallest absolute Gasteiger partial charge is 0.222 e. The fraction of sp³-hybridized carbons (Fsp3) is 0.750. The van der Waals surface area contributed by atoms with Gasteiger partial charge in [0.25, 0.3) is 0 Å². The molecule has 1 atom stereocenters. The Kier molecular flexibility index (Phi) is 6.52. The predicted octanol–water partition coefficient (Wildman–Crippen LogP) is 1.85. The molecule has 0 bridgehead atoms. The maximum atomic E-state index is 12.8. The normalized spacial score (nSPS) is 23.3. The fourth-order valence-electron chi connectivity index (χ4n) is 4.46. The van der Waals surface area contributed by atoms with Crippen LogP contribution in [0.2, 0.25) is 0 Å². The summed E-state index contributed by atoms with van der Waals surface area (Å²) in [6, 6.07) is 0. The molecule has 1 unspecified atom stereocenters. The van der Waals surface area contributed by atoms with Crippen LogP contribution in [0.1, 0.15) is 44.3 Å². The quantitative estimate of drug-likeness (QED) is 0.728. The first-order chi connectivity index (χ1) is 13.0. The van der Waals surface area contributed by atoms with Gasteiger partial charge in [-0.2, -0.15) is 0 Å². The summed E-state index contributed by atoms with van der Waals surface area (Å²) < 4.78 is 7.24. The highest BCUT2D eigenvalue weighted by atomic mass is 16.5. The van der Waals surface area contributed by atoms with Gasteiger partial charge in [-0.15, -0.1) is 0 Å². The third kappa shape index (κ3) is 4.89. The SMILES string of the molecule is COCCN1CC2(CCCN(C(=O)CCCn3ccnc3C)C2)CCC1=O. The highest BCUT2D eigenvalue weighted by molar-refractivity contribution is 5.78. The van der Waals surface area contributed by atoms with Gasteiger partial charge in [-0.25, -0.2) is 4.98 Å². The van der Waals surface area contributed by atoms with Crippen LogP contribution in [0.5, 0.6) is 0 Å². The number of likely N-dealkylation sites (tertiary alicyclic amines) is 2. The van der Waals surface area contributed by atoms with Crippen LogP contribution < -0.4 is 0 Å². The topological polar surface area (TPSA) is 67.7 Å². The van der Waals surface area contributed by atoms with Gasteiger partial charge in [0.1, 0.15) is 5.82 Å². The Morgan fingerprint density at radius 3 is 2.89 bits per heavy atom. The standard InChI is InChI=1S/C20H32N4O3/c1-17-21-9-12-22(17)10-3-5-18(25)23-11-4-7-20(15-23)8-6-19(26)24(16-20)13-14-27-2/h9,12H,3-8,10-11,13-16H2,1-2H3. The minimum Gasteiger partial charge on any atom is -0.383 e. The van der Waals surface area contributed by atoms with Crippen LogP contribution in [0.25, 0.3) is 0 Å². The largest absolute Gasteiger partial charge is 0.383 e. The van der Waals surface area contributed by atoms with Crippen LogP contribution in [0, 0.1) is 12.3 Å². The highest BCUT2D eigenvalue weighted by Gasteiger charge is 2.42. The van der Waals surface area contributed by atoms with Gasteiger partial charge in [0.2, 0.25) is 11.8 Å². The number of carbonyl (C=O) groups excluding carboxylic acids is 2. The Balaban J connectivity index is 1.52. The fourth-order valence-corrected chi connectivity index (χ4v) is 4.46. The van der Waals surface area contributed by atoms with Crippen molar-refractivity contribution in [1.29, 1.82) is 0 Å². The molecule has 0 radical (unpaired) electrons. The van der Waals surface area contributed by atoms with Crippen LogP contribution in [-0.2, 0) is 20.9 Å². The summed E-state index contributed by atoms with van der Waals surface area (Å²) in [7, 11) is 1.66. The number of amides is 2. The zero-order valence-corrected chi connectivity index (χ0v) is 16.7. The average molecular weight is 377 g/mol. The molecule has 2 fully saturated rings. The number of aryl methyl sites for hydroxylation is 2. The number of imidazole rings is 1. The second-order valence-electron chi connectivity index (χ2n) is 8.00. The first-order valence-electron chi connectivity index (χ1n) is 10.1. The zero-order chi connectivity index (χ0) is 19.3. The van der Waals surface area contributed by atoms with Gasteiger partial charge in [-0.1, -0.05) is 0 Å². The molecule has 7 heteroatoms. The van der Waals surface area contributed by atoms with Gasteiger partial charge in [-0.3, -0.25) is 9.59 Å². The number of piperidine rings is 2. The molecule has 3 heterocycles. The van der Waals surface area contributed by atoms with E-state index in [2.05, 4.69) is 9.55 Å². The van der Waals surface area contributed by atoms with E-state index in [1.165, 1.54) is 0 Å². The van der Waals surface area contributed by atoms with Gasteiger partial charge in [0.05, 0.1) is 6.61 Å². The summed E-state index contributed by atoms with van der Waals surface area (Å²) in [5, 5.41) is 0. The maximum Gasteiger partial charge on any atom is 0.222 e. The second-order valence-corrected chi connectivity index (χ2v) is 8.00. The number of ether oxygens (including phenoxy) is 1. The van der Waals surface area contributed by atoms with E-state index in [9.17, 15) is 9.59 Å². The summed E-state index contributed by atoms with van der Waals surface area (Å²) in [6.45, 7) is 6.41. The van der Waals surface area contributed by atoms with Crippen LogP contribution >= 0.6 is 0 Å². The van der Waals surface area contributed by atoms with Crippen molar-refractivity contribution in [3.63, 3.8) is 0 Å². The Morgan fingerprint density at radius 1 is 1.30 bits per heavy atom. The first kappa shape index (κ1) is 19.9.